The quantitative estimate of drug-likeness (QED) is 0.0905. The van der Waals surface area contributed by atoms with Crippen molar-refractivity contribution in [3.8, 4) is 5.75 Å². The number of anilines is 1. The van der Waals surface area contributed by atoms with E-state index in [1.54, 1.807) is 0 Å². The summed E-state index contributed by atoms with van der Waals surface area (Å²) < 4.78 is 5.86. The van der Waals surface area contributed by atoms with Crippen LogP contribution in [0.1, 0.15) is 25.2 Å². The van der Waals surface area contributed by atoms with Crippen molar-refractivity contribution in [2.45, 2.75) is 37.4 Å². The highest BCUT2D eigenvalue weighted by Gasteiger charge is 2.54. The van der Waals surface area contributed by atoms with Gasteiger partial charge in [-0.15, -0.1) is 23.1 Å². The fourth-order valence-electron chi connectivity index (χ4n) is 4.03. The summed E-state index contributed by atoms with van der Waals surface area (Å²) in [7, 11) is 1.16. The number of rotatable bonds is 11. The minimum Gasteiger partial charge on any atom is -0.503 e. The van der Waals surface area contributed by atoms with E-state index in [1.807, 2.05) is 0 Å². The van der Waals surface area contributed by atoms with Crippen molar-refractivity contribution in [1.82, 2.24) is 19.8 Å². The lowest BCUT2D eigenvalue weighted by Crippen LogP contribution is -2.71. The highest BCUT2D eigenvalue weighted by Crippen LogP contribution is 2.41. The van der Waals surface area contributed by atoms with E-state index in [1.165, 1.54) is 35.9 Å². The number of β-lactam (4-membered cyclic amide) rings is 1. The number of nitrogen functional groups attached to an aromatic ring is 1. The Bertz CT molecular complexity index is 1740. The number of aromatic hydroxyl groups is 1. The molecular weight excluding hydrogens is 636 g/mol. The van der Waals surface area contributed by atoms with Crippen LogP contribution in [0.25, 0.3) is 6.08 Å². The lowest BCUT2D eigenvalue weighted by molar-refractivity contribution is -0.161. The first kappa shape index (κ1) is 32.7. The number of thioether (sulfide) groups is 1. The number of amides is 2. The van der Waals surface area contributed by atoms with Crippen molar-refractivity contribution >= 4 is 69.7 Å². The van der Waals surface area contributed by atoms with Crippen LogP contribution in [0, 0.1) is 0 Å². The highest BCUT2D eigenvalue weighted by molar-refractivity contribution is 8.00. The number of ether oxygens (including phenoxy) is 1. The molecule has 0 aromatic carbocycles. The predicted molar refractivity (Wildman–Crippen MR) is 159 cm³/mol. The zero-order valence-electron chi connectivity index (χ0n) is 23.7. The van der Waals surface area contributed by atoms with Crippen LogP contribution in [-0.4, -0.2) is 95.1 Å². The van der Waals surface area contributed by atoms with Gasteiger partial charge in [0.1, 0.15) is 29.4 Å². The molecule has 0 unspecified atom stereocenters. The van der Waals surface area contributed by atoms with E-state index in [4.69, 9.17) is 10.6 Å². The Morgan fingerprint density at radius 3 is 2.56 bits per heavy atom. The molecule has 0 radical (unpaired) electrons. The molecule has 0 spiro atoms. The number of allylic oxidation sites excluding steroid dienone is 1. The average Bonchev–Trinajstić information content (AvgIpc) is 3.41. The number of nitrogens with zero attached hydrogens (tertiary/aromatic N) is 4. The summed E-state index contributed by atoms with van der Waals surface area (Å²) in [6, 6.07) is -0.135. The van der Waals surface area contributed by atoms with Crippen molar-refractivity contribution in [3.63, 3.8) is 0 Å². The maximum absolute atomic E-state index is 13.2. The van der Waals surface area contributed by atoms with Crippen molar-refractivity contribution < 1.29 is 48.9 Å². The summed E-state index contributed by atoms with van der Waals surface area (Å²) in [5.41, 5.74) is 2.62. The summed E-state index contributed by atoms with van der Waals surface area (Å²) in [4.78, 5) is 84.1. The van der Waals surface area contributed by atoms with Crippen molar-refractivity contribution in [1.29, 1.82) is 0 Å². The number of pyridine rings is 1. The van der Waals surface area contributed by atoms with Gasteiger partial charge in [-0.2, -0.15) is 0 Å². The lowest BCUT2D eigenvalue weighted by atomic mass is 10.0. The van der Waals surface area contributed by atoms with Crippen LogP contribution in [0.15, 0.2) is 44.9 Å². The van der Waals surface area contributed by atoms with E-state index in [9.17, 15) is 44.1 Å². The maximum Gasteiger partial charge on any atom is 0.352 e. The zero-order valence-corrected chi connectivity index (χ0v) is 25.4. The van der Waals surface area contributed by atoms with Gasteiger partial charge in [-0.1, -0.05) is 11.2 Å². The third-order valence-electron chi connectivity index (χ3n) is 6.47. The fraction of sp³-hybridized carbons (Fsp3) is 0.308. The lowest BCUT2D eigenvalue weighted by Gasteiger charge is -2.49. The number of carboxylic acids is 2. The Kier molecular flexibility index (Phi) is 9.33. The minimum atomic E-state index is -1.81. The normalized spacial score (nSPS) is 18.3. The number of fused-ring (bicyclic) bond motifs is 1. The van der Waals surface area contributed by atoms with Gasteiger partial charge in [-0.05, 0) is 25.5 Å². The summed E-state index contributed by atoms with van der Waals surface area (Å²) in [5.74, 6) is -5.69. The van der Waals surface area contributed by atoms with Crippen LogP contribution in [0.4, 0.5) is 5.13 Å². The maximum atomic E-state index is 13.2. The van der Waals surface area contributed by atoms with Gasteiger partial charge in [-0.3, -0.25) is 24.1 Å². The second kappa shape index (κ2) is 12.8. The topological polar surface area (TPSA) is 253 Å². The standard InChI is InChI=1S/C26H26N6O11S2/c1-26(2,24(40)41)43-30-17(13-10-45-25(27)28-13)20(36)29-18-21(37)32-19(23(38)39)11(9-44-22(18)32)4-5-12-6-14(33)15(34)7-31(12)8-16(35)42-3/h4-7,10,18,22,34H,8-9H2,1-3H3,(H2,27,28)(H,29,36)(H,38,39)(H,40,41)/b5-4+,30-17+/t18-,22-/m1/s1. The first-order valence-electron chi connectivity index (χ1n) is 12.8. The van der Waals surface area contributed by atoms with Crippen LogP contribution < -0.4 is 16.5 Å². The monoisotopic (exact) mass is 662 g/mol. The van der Waals surface area contributed by atoms with Gasteiger partial charge in [0, 0.05) is 22.9 Å². The Balaban J connectivity index is 1.59. The first-order chi connectivity index (χ1) is 21.1. The molecule has 2 aliphatic rings. The summed E-state index contributed by atoms with van der Waals surface area (Å²) >= 11 is 2.12. The molecule has 19 heteroatoms. The Hall–Kier alpha value is -5.17. The van der Waals surface area contributed by atoms with E-state index >= 15 is 0 Å². The molecule has 1 saturated heterocycles. The molecule has 2 amide bonds. The molecule has 6 N–H and O–H groups in total. The number of carbonyl (C=O) groups excluding carboxylic acids is 3. The van der Waals surface area contributed by atoms with Gasteiger partial charge in [0.05, 0.1) is 13.3 Å². The van der Waals surface area contributed by atoms with Gasteiger partial charge < -0.3 is 40.5 Å². The SMILES string of the molecule is COC(=O)Cn1cc(O)c(=O)cc1/C=C/C1=C(C(=O)O)N2C(=O)[C@@H](NC(=O)/C(=N/OC(C)(C)C(=O)O)c3csc(N)n3)[C@H]2SC1. The molecule has 17 nitrogen and oxygen atoms in total. The van der Waals surface area contributed by atoms with Crippen molar-refractivity contribution in [3.05, 3.63) is 56.6 Å². The van der Waals surface area contributed by atoms with E-state index in [0.29, 0.717) is 0 Å². The molecule has 1 fully saturated rings. The number of esters is 1. The van der Waals surface area contributed by atoms with Crippen LogP contribution in [-0.2, 0) is 40.1 Å². The number of nitrogens with one attached hydrogen (secondary N) is 1. The van der Waals surface area contributed by atoms with Crippen LogP contribution in [0.2, 0.25) is 0 Å². The van der Waals surface area contributed by atoms with E-state index in [0.717, 1.165) is 47.4 Å². The van der Waals surface area contributed by atoms with Crippen LogP contribution in [0.5, 0.6) is 5.75 Å². The molecule has 0 saturated carbocycles. The number of carboxylic acid groups (broad SMARTS) is 2. The molecule has 2 aromatic heterocycles. The number of aliphatic carboxylic acids is 2. The molecule has 45 heavy (non-hydrogen) atoms. The van der Waals surface area contributed by atoms with Crippen molar-refractivity contribution in [2.24, 2.45) is 5.16 Å². The Labute approximate surface area is 261 Å². The number of hydrogen-bond acceptors (Lipinski definition) is 14. The molecule has 238 valence electrons. The predicted octanol–water partition coefficient (Wildman–Crippen LogP) is -0.198. The molecule has 0 bridgehead atoms. The van der Waals surface area contributed by atoms with Gasteiger partial charge in [-0.25, -0.2) is 14.6 Å². The Morgan fingerprint density at radius 1 is 1.24 bits per heavy atom. The van der Waals surface area contributed by atoms with Gasteiger partial charge >= 0.3 is 17.9 Å². The number of aromatic nitrogens is 2. The smallest absolute Gasteiger partial charge is 0.352 e. The van der Waals surface area contributed by atoms with Gasteiger partial charge in [0.2, 0.25) is 11.0 Å². The number of methoxy groups -OCH3 is 1. The van der Waals surface area contributed by atoms with Crippen molar-refractivity contribution in [2.75, 3.05) is 18.6 Å². The number of thiazole rings is 1. The third-order valence-corrected chi connectivity index (χ3v) is 8.45. The Morgan fingerprint density at radius 2 is 1.96 bits per heavy atom. The molecule has 2 aliphatic heterocycles. The highest BCUT2D eigenvalue weighted by atomic mass is 32.2. The molecule has 2 atom stereocenters. The number of carbonyl (C=O) groups is 5. The number of nitrogens with two attached hydrogens (primary N) is 1. The molecule has 0 aliphatic carbocycles. The zero-order chi connectivity index (χ0) is 33.2. The fourth-order valence-corrected chi connectivity index (χ4v) is 5.89. The van der Waals surface area contributed by atoms with E-state index < -0.39 is 63.6 Å². The summed E-state index contributed by atoms with van der Waals surface area (Å²) in [6.07, 6.45) is 3.76. The molecular formula is C26H26N6O11S2. The minimum absolute atomic E-state index is 0.0328. The number of hydrogen-bond donors (Lipinski definition) is 5. The number of oxime groups is 1. The molecule has 4 rings (SSSR count). The van der Waals surface area contributed by atoms with E-state index in [-0.39, 0.29) is 40.1 Å². The first-order valence-corrected chi connectivity index (χ1v) is 14.7. The molecule has 2 aromatic rings. The second-order valence-electron chi connectivity index (χ2n) is 9.94. The van der Waals surface area contributed by atoms with E-state index in [2.05, 4.69) is 20.2 Å². The largest absolute Gasteiger partial charge is 0.503 e. The average molecular weight is 663 g/mol. The van der Waals surface area contributed by atoms with Gasteiger partial charge in [0.25, 0.3) is 11.8 Å². The van der Waals surface area contributed by atoms with Crippen LogP contribution in [0.3, 0.4) is 0 Å². The van der Waals surface area contributed by atoms with Gasteiger partial charge in [0.15, 0.2) is 16.6 Å². The summed E-state index contributed by atoms with van der Waals surface area (Å²) in [6.45, 7) is 2.07. The summed E-state index contributed by atoms with van der Waals surface area (Å²) in [5, 5.41) is 35.9. The van der Waals surface area contributed by atoms with Crippen LogP contribution >= 0.6 is 23.1 Å². The second-order valence-corrected chi connectivity index (χ2v) is 11.9. The third kappa shape index (κ3) is 6.83. The molecule has 4 heterocycles.